The van der Waals surface area contributed by atoms with Crippen LogP contribution in [0.25, 0.3) is 0 Å². The Morgan fingerprint density at radius 3 is 2.75 bits per heavy atom. The molecule has 1 heterocycles. The molecule has 0 radical (unpaired) electrons. The normalized spacial score (nSPS) is 32.9. The van der Waals surface area contributed by atoms with Crippen molar-refractivity contribution in [1.29, 1.82) is 0 Å². The highest BCUT2D eigenvalue weighted by atomic mass is 16.1. The summed E-state index contributed by atoms with van der Waals surface area (Å²) < 4.78 is 0. The molecule has 20 heavy (non-hydrogen) atoms. The summed E-state index contributed by atoms with van der Waals surface area (Å²) in [6.45, 7) is 0. The maximum Gasteiger partial charge on any atom is 0.224 e. The second-order valence-electron chi connectivity index (χ2n) is 6.68. The molecule has 1 amide bonds. The Kier molecular flexibility index (Phi) is 2.84. The number of hydrogen-bond acceptors (Lipinski definition) is 2. The van der Waals surface area contributed by atoms with Crippen LogP contribution in [-0.2, 0) is 11.2 Å². The van der Waals surface area contributed by atoms with Crippen LogP contribution in [0, 0.1) is 17.8 Å². The number of amides is 1. The molecule has 2 fully saturated rings. The molecule has 1 aromatic carbocycles. The van der Waals surface area contributed by atoms with Gasteiger partial charge in [-0.05, 0) is 60.6 Å². The summed E-state index contributed by atoms with van der Waals surface area (Å²) in [7, 11) is 0. The number of nitrogens with two attached hydrogens (primary N) is 1. The van der Waals surface area contributed by atoms with E-state index in [4.69, 9.17) is 5.73 Å². The van der Waals surface area contributed by atoms with Crippen molar-refractivity contribution >= 4 is 11.6 Å². The number of carbonyl (C=O) groups excluding carboxylic acids is 1. The molecule has 3 N–H and O–H groups in total. The summed E-state index contributed by atoms with van der Waals surface area (Å²) in [6, 6.07) is 6.59. The quantitative estimate of drug-likeness (QED) is 0.868. The first-order valence-electron chi connectivity index (χ1n) is 7.92. The van der Waals surface area contributed by atoms with Gasteiger partial charge in [-0.15, -0.1) is 0 Å². The van der Waals surface area contributed by atoms with Gasteiger partial charge in [-0.25, -0.2) is 0 Å². The fourth-order valence-electron chi connectivity index (χ4n) is 4.43. The largest absolute Gasteiger partial charge is 0.326 e. The number of benzene rings is 1. The summed E-state index contributed by atoms with van der Waals surface area (Å²) in [5.41, 5.74) is 10.0. The monoisotopic (exact) mass is 270 g/mol. The van der Waals surface area contributed by atoms with Crippen molar-refractivity contribution in [3.63, 3.8) is 0 Å². The Labute approximate surface area is 119 Å². The van der Waals surface area contributed by atoms with E-state index in [9.17, 15) is 4.79 Å². The SMILES string of the molecule is NC(c1ccc2c(c1)CCCC(=O)N2)C1C2CCCC21. The van der Waals surface area contributed by atoms with Crippen molar-refractivity contribution in [3.05, 3.63) is 29.3 Å². The van der Waals surface area contributed by atoms with Crippen LogP contribution >= 0.6 is 0 Å². The van der Waals surface area contributed by atoms with E-state index >= 15 is 0 Å². The lowest BCUT2D eigenvalue weighted by atomic mass is 9.95. The van der Waals surface area contributed by atoms with Crippen molar-refractivity contribution in [2.75, 3.05) is 5.32 Å². The molecule has 106 valence electrons. The number of aryl methyl sites for hydroxylation is 1. The minimum Gasteiger partial charge on any atom is -0.326 e. The maximum absolute atomic E-state index is 11.6. The highest BCUT2D eigenvalue weighted by Crippen LogP contribution is 2.61. The van der Waals surface area contributed by atoms with Crippen molar-refractivity contribution < 1.29 is 4.79 Å². The van der Waals surface area contributed by atoms with Gasteiger partial charge in [0.25, 0.3) is 0 Å². The van der Waals surface area contributed by atoms with E-state index in [2.05, 4.69) is 17.4 Å². The average molecular weight is 270 g/mol. The predicted octanol–water partition coefficient (Wildman–Crippen LogP) is 3.01. The minimum absolute atomic E-state index is 0.137. The Bertz CT molecular complexity index is 544. The Morgan fingerprint density at radius 2 is 1.95 bits per heavy atom. The lowest BCUT2D eigenvalue weighted by Crippen LogP contribution is -2.16. The zero-order chi connectivity index (χ0) is 13.7. The summed E-state index contributed by atoms with van der Waals surface area (Å²) >= 11 is 0. The molecule has 0 spiro atoms. The predicted molar refractivity (Wildman–Crippen MR) is 79.3 cm³/mol. The third-order valence-electron chi connectivity index (χ3n) is 5.53. The van der Waals surface area contributed by atoms with Crippen LogP contribution in [-0.4, -0.2) is 5.91 Å². The van der Waals surface area contributed by atoms with Crippen LogP contribution in [0.1, 0.15) is 49.3 Å². The van der Waals surface area contributed by atoms with Crippen LogP contribution in [0.2, 0.25) is 0 Å². The molecule has 3 nitrogen and oxygen atoms in total. The van der Waals surface area contributed by atoms with Crippen molar-refractivity contribution in [2.45, 2.75) is 44.6 Å². The molecule has 3 heteroatoms. The van der Waals surface area contributed by atoms with E-state index in [0.29, 0.717) is 12.3 Å². The first kappa shape index (κ1) is 12.4. The van der Waals surface area contributed by atoms with Gasteiger partial charge < -0.3 is 11.1 Å². The van der Waals surface area contributed by atoms with Crippen LogP contribution < -0.4 is 11.1 Å². The number of carbonyl (C=O) groups is 1. The molecule has 2 aliphatic carbocycles. The average Bonchev–Trinajstić information content (AvgIpc) is 3.00. The molecule has 0 aromatic heterocycles. The second kappa shape index (κ2) is 4.59. The third-order valence-corrected chi connectivity index (χ3v) is 5.53. The van der Waals surface area contributed by atoms with Gasteiger partial charge in [-0.1, -0.05) is 18.6 Å². The van der Waals surface area contributed by atoms with Gasteiger partial charge in [0.05, 0.1) is 0 Å². The zero-order valence-corrected chi connectivity index (χ0v) is 11.8. The summed E-state index contributed by atoms with van der Waals surface area (Å²) in [5.74, 6) is 2.63. The van der Waals surface area contributed by atoms with Crippen LogP contribution in [0.15, 0.2) is 18.2 Å². The zero-order valence-electron chi connectivity index (χ0n) is 11.8. The van der Waals surface area contributed by atoms with Gasteiger partial charge in [0, 0.05) is 18.2 Å². The molecule has 4 rings (SSSR count). The first-order chi connectivity index (χ1) is 9.74. The van der Waals surface area contributed by atoms with E-state index in [1.54, 1.807) is 0 Å². The second-order valence-corrected chi connectivity index (χ2v) is 6.68. The van der Waals surface area contributed by atoms with Gasteiger partial charge in [-0.2, -0.15) is 0 Å². The lowest BCUT2D eigenvalue weighted by molar-refractivity contribution is -0.116. The fourth-order valence-corrected chi connectivity index (χ4v) is 4.43. The van der Waals surface area contributed by atoms with Crippen LogP contribution in [0.4, 0.5) is 5.69 Å². The summed E-state index contributed by atoms with van der Waals surface area (Å²) in [5, 5.41) is 2.99. The first-order valence-corrected chi connectivity index (χ1v) is 7.92. The molecule has 0 bridgehead atoms. The molecule has 0 saturated heterocycles. The summed E-state index contributed by atoms with van der Waals surface area (Å²) in [6.07, 6.45) is 6.70. The van der Waals surface area contributed by atoms with E-state index in [-0.39, 0.29) is 11.9 Å². The molecular weight excluding hydrogens is 248 g/mol. The van der Waals surface area contributed by atoms with Crippen LogP contribution in [0.5, 0.6) is 0 Å². The highest BCUT2D eigenvalue weighted by Gasteiger charge is 2.55. The number of hydrogen-bond donors (Lipinski definition) is 2. The Morgan fingerprint density at radius 1 is 1.15 bits per heavy atom. The van der Waals surface area contributed by atoms with Gasteiger partial charge in [0.2, 0.25) is 5.91 Å². The lowest BCUT2D eigenvalue weighted by Gasteiger charge is -2.16. The van der Waals surface area contributed by atoms with Gasteiger partial charge in [0.15, 0.2) is 0 Å². The number of fused-ring (bicyclic) bond motifs is 2. The smallest absolute Gasteiger partial charge is 0.224 e. The van der Waals surface area contributed by atoms with Gasteiger partial charge in [-0.3, -0.25) is 4.79 Å². The molecule has 3 atom stereocenters. The highest BCUT2D eigenvalue weighted by molar-refractivity contribution is 5.92. The van der Waals surface area contributed by atoms with E-state index in [1.165, 1.54) is 30.4 Å². The molecule has 2 saturated carbocycles. The van der Waals surface area contributed by atoms with E-state index in [0.717, 1.165) is 30.4 Å². The fraction of sp³-hybridized carbons (Fsp3) is 0.588. The minimum atomic E-state index is 0.137. The summed E-state index contributed by atoms with van der Waals surface area (Å²) in [4.78, 5) is 11.6. The molecule has 3 unspecified atom stereocenters. The van der Waals surface area contributed by atoms with E-state index in [1.807, 2.05) is 6.07 Å². The van der Waals surface area contributed by atoms with Crippen LogP contribution in [0.3, 0.4) is 0 Å². The standard InChI is InChI=1S/C17H22N2O/c18-17(16-12-4-2-5-13(12)16)11-7-8-14-10(9-11)3-1-6-15(20)19-14/h7-9,12-13,16-17H,1-6,18H2,(H,19,20). The molecular formula is C17H22N2O. The number of rotatable bonds is 2. The van der Waals surface area contributed by atoms with Crippen molar-refractivity contribution in [1.82, 2.24) is 0 Å². The third kappa shape index (κ3) is 1.96. The Hall–Kier alpha value is -1.35. The van der Waals surface area contributed by atoms with E-state index < -0.39 is 0 Å². The molecule has 1 aromatic rings. The maximum atomic E-state index is 11.6. The Balaban J connectivity index is 1.57. The van der Waals surface area contributed by atoms with Gasteiger partial charge in [0.1, 0.15) is 0 Å². The molecule has 1 aliphatic heterocycles. The number of nitrogens with one attached hydrogen (secondary N) is 1. The molecule has 3 aliphatic rings. The van der Waals surface area contributed by atoms with Crippen molar-refractivity contribution in [2.24, 2.45) is 23.5 Å². The van der Waals surface area contributed by atoms with Crippen molar-refractivity contribution in [3.8, 4) is 0 Å². The van der Waals surface area contributed by atoms with Gasteiger partial charge >= 0.3 is 0 Å². The number of anilines is 1. The topological polar surface area (TPSA) is 55.1 Å².